The highest BCUT2D eigenvalue weighted by Crippen LogP contribution is 2.33. The van der Waals surface area contributed by atoms with Crippen molar-refractivity contribution < 1.29 is 13.2 Å². The topological polar surface area (TPSA) is 28.2 Å². The summed E-state index contributed by atoms with van der Waals surface area (Å²) in [6.45, 7) is 1.58. The Bertz CT molecular complexity index is 438. The van der Waals surface area contributed by atoms with Crippen molar-refractivity contribution in [3.8, 4) is 0 Å². The first-order valence-electron chi connectivity index (χ1n) is 5.57. The van der Waals surface area contributed by atoms with E-state index in [1.165, 1.54) is 6.20 Å². The Balaban J connectivity index is 0.00000120. The van der Waals surface area contributed by atoms with Crippen LogP contribution in [0.4, 0.5) is 19.0 Å². The lowest BCUT2D eigenvalue weighted by Crippen LogP contribution is -2.44. The summed E-state index contributed by atoms with van der Waals surface area (Å²) in [6, 6.07) is 2.84. The van der Waals surface area contributed by atoms with Gasteiger partial charge in [0.05, 0.1) is 5.56 Å². The van der Waals surface area contributed by atoms with Gasteiger partial charge < -0.3 is 10.2 Å². The zero-order valence-electron chi connectivity index (χ0n) is 9.44. The summed E-state index contributed by atoms with van der Waals surface area (Å²) < 4.78 is 37.8. The van der Waals surface area contributed by atoms with Gasteiger partial charge in [-0.2, -0.15) is 13.2 Å². The van der Waals surface area contributed by atoms with Crippen LogP contribution in [0.5, 0.6) is 0 Å². The molecule has 0 aromatic carbocycles. The van der Waals surface area contributed by atoms with E-state index in [1.54, 1.807) is 0 Å². The molecule has 2 aliphatic rings. The zero-order chi connectivity index (χ0) is 12.0. The van der Waals surface area contributed by atoms with Crippen molar-refractivity contribution in [3.63, 3.8) is 0 Å². The minimum Gasteiger partial charge on any atom is -0.351 e. The van der Waals surface area contributed by atoms with E-state index in [9.17, 15) is 13.2 Å². The van der Waals surface area contributed by atoms with Crippen LogP contribution >= 0.6 is 12.4 Å². The highest BCUT2D eigenvalue weighted by molar-refractivity contribution is 5.85. The fraction of sp³-hybridized carbons (Fsp3) is 0.545. The Morgan fingerprint density at radius 2 is 2.17 bits per heavy atom. The van der Waals surface area contributed by atoms with E-state index in [0.29, 0.717) is 11.9 Å². The number of rotatable bonds is 1. The number of halogens is 4. The Morgan fingerprint density at radius 3 is 2.72 bits per heavy atom. The number of nitrogens with zero attached hydrogens (tertiary/aromatic N) is 2. The van der Waals surface area contributed by atoms with Crippen molar-refractivity contribution in [1.29, 1.82) is 0 Å². The van der Waals surface area contributed by atoms with Crippen LogP contribution in [-0.2, 0) is 6.18 Å². The number of alkyl halides is 3. The van der Waals surface area contributed by atoms with E-state index in [1.807, 2.05) is 4.90 Å². The summed E-state index contributed by atoms with van der Waals surface area (Å²) in [4.78, 5) is 6.02. The molecular weight excluding hydrogens is 267 g/mol. The van der Waals surface area contributed by atoms with Gasteiger partial charge in [0.25, 0.3) is 0 Å². The smallest absolute Gasteiger partial charge is 0.351 e. The van der Waals surface area contributed by atoms with Crippen LogP contribution in [-0.4, -0.2) is 30.2 Å². The lowest BCUT2D eigenvalue weighted by Gasteiger charge is -2.28. The van der Waals surface area contributed by atoms with Gasteiger partial charge >= 0.3 is 6.18 Å². The molecule has 3 rings (SSSR count). The molecule has 7 heteroatoms. The molecular formula is C11H13ClF3N3. The SMILES string of the molecule is Cl.FC(F)(F)c1ccnc(N2C[C@@H]3C[C@H]2CN3)c1. The highest BCUT2D eigenvalue weighted by atomic mass is 35.5. The molecule has 3 heterocycles. The summed E-state index contributed by atoms with van der Waals surface area (Å²) >= 11 is 0. The molecule has 2 atom stereocenters. The van der Waals surface area contributed by atoms with Crippen molar-refractivity contribution in [2.45, 2.75) is 24.7 Å². The van der Waals surface area contributed by atoms with Gasteiger partial charge in [-0.3, -0.25) is 0 Å². The molecule has 2 aliphatic heterocycles. The van der Waals surface area contributed by atoms with Crippen molar-refractivity contribution in [2.24, 2.45) is 0 Å². The molecule has 0 amide bonds. The molecule has 100 valence electrons. The second-order valence-corrected chi connectivity index (χ2v) is 4.55. The average Bonchev–Trinajstić information content (AvgIpc) is 2.89. The molecule has 0 radical (unpaired) electrons. The van der Waals surface area contributed by atoms with Crippen LogP contribution in [0.15, 0.2) is 18.3 Å². The van der Waals surface area contributed by atoms with Crippen molar-refractivity contribution in [3.05, 3.63) is 23.9 Å². The summed E-state index contributed by atoms with van der Waals surface area (Å²) in [5.74, 6) is 0.439. The van der Waals surface area contributed by atoms with Crippen LogP contribution in [0.2, 0.25) is 0 Å². The molecule has 0 unspecified atom stereocenters. The van der Waals surface area contributed by atoms with Gasteiger partial charge in [0, 0.05) is 31.4 Å². The third-order valence-corrected chi connectivity index (χ3v) is 3.42. The lowest BCUT2D eigenvalue weighted by atomic mass is 10.2. The van der Waals surface area contributed by atoms with Crippen molar-refractivity contribution in [1.82, 2.24) is 10.3 Å². The fourth-order valence-electron chi connectivity index (χ4n) is 2.59. The molecule has 0 aliphatic carbocycles. The molecule has 3 nitrogen and oxygen atoms in total. The van der Waals surface area contributed by atoms with E-state index in [-0.39, 0.29) is 18.4 Å². The molecule has 2 fully saturated rings. The number of nitrogens with one attached hydrogen (secondary N) is 1. The highest BCUT2D eigenvalue weighted by Gasteiger charge is 2.39. The van der Waals surface area contributed by atoms with Gasteiger partial charge in [-0.25, -0.2) is 4.98 Å². The second kappa shape index (κ2) is 4.59. The molecule has 2 bridgehead atoms. The second-order valence-electron chi connectivity index (χ2n) is 4.55. The van der Waals surface area contributed by atoms with Crippen LogP contribution in [0, 0.1) is 0 Å². The standard InChI is InChI=1S/C11H12F3N3.ClH/c12-11(13,14)7-1-2-15-10(3-7)17-6-8-4-9(17)5-16-8;/h1-3,8-9,16H,4-6H2;1H/t8-,9-;/m0./s1. The van der Waals surface area contributed by atoms with Crippen LogP contribution in [0.25, 0.3) is 0 Å². The van der Waals surface area contributed by atoms with E-state index in [0.717, 1.165) is 31.6 Å². The van der Waals surface area contributed by atoms with Crippen LogP contribution in [0.1, 0.15) is 12.0 Å². The van der Waals surface area contributed by atoms with Gasteiger partial charge in [-0.15, -0.1) is 12.4 Å². The largest absolute Gasteiger partial charge is 0.416 e. The van der Waals surface area contributed by atoms with Gasteiger partial charge in [0.15, 0.2) is 0 Å². The molecule has 18 heavy (non-hydrogen) atoms. The number of anilines is 1. The minimum atomic E-state index is -4.30. The van der Waals surface area contributed by atoms with Crippen LogP contribution in [0.3, 0.4) is 0 Å². The van der Waals surface area contributed by atoms with E-state index in [2.05, 4.69) is 10.3 Å². The molecule has 2 saturated heterocycles. The maximum atomic E-state index is 12.6. The van der Waals surface area contributed by atoms with E-state index < -0.39 is 11.7 Å². The zero-order valence-corrected chi connectivity index (χ0v) is 10.3. The maximum Gasteiger partial charge on any atom is 0.416 e. The van der Waals surface area contributed by atoms with Gasteiger partial charge in [0.1, 0.15) is 5.82 Å². The summed E-state index contributed by atoms with van der Waals surface area (Å²) in [6.07, 6.45) is -2.07. The quantitative estimate of drug-likeness (QED) is 0.853. The van der Waals surface area contributed by atoms with Crippen LogP contribution < -0.4 is 10.2 Å². The lowest BCUT2D eigenvalue weighted by molar-refractivity contribution is -0.137. The number of fused-ring (bicyclic) bond motifs is 2. The number of aromatic nitrogens is 1. The normalized spacial score (nSPS) is 26.3. The predicted molar refractivity (Wildman–Crippen MR) is 64.0 cm³/mol. The average molecular weight is 280 g/mol. The van der Waals surface area contributed by atoms with Crippen molar-refractivity contribution >= 4 is 18.2 Å². The number of pyridine rings is 1. The number of hydrogen-bond acceptors (Lipinski definition) is 3. The third-order valence-electron chi connectivity index (χ3n) is 3.42. The Kier molecular flexibility index (Phi) is 3.42. The molecule has 0 saturated carbocycles. The number of hydrogen-bond donors (Lipinski definition) is 1. The minimum absolute atomic E-state index is 0. The molecule has 0 spiro atoms. The monoisotopic (exact) mass is 279 g/mol. The van der Waals surface area contributed by atoms with Gasteiger partial charge in [-0.05, 0) is 18.6 Å². The summed E-state index contributed by atoms with van der Waals surface area (Å²) in [5, 5.41) is 3.31. The van der Waals surface area contributed by atoms with E-state index >= 15 is 0 Å². The first-order valence-corrected chi connectivity index (χ1v) is 5.57. The first kappa shape index (κ1) is 13.4. The Morgan fingerprint density at radius 1 is 1.39 bits per heavy atom. The molecule has 1 N–H and O–H groups in total. The van der Waals surface area contributed by atoms with Crippen molar-refractivity contribution in [2.75, 3.05) is 18.0 Å². The molecule has 1 aromatic rings. The van der Waals surface area contributed by atoms with Gasteiger partial charge in [0.2, 0.25) is 0 Å². The fourth-order valence-corrected chi connectivity index (χ4v) is 2.59. The number of piperazine rings is 1. The Labute approximate surface area is 109 Å². The van der Waals surface area contributed by atoms with Gasteiger partial charge in [-0.1, -0.05) is 0 Å². The Hall–Kier alpha value is -1.01. The summed E-state index contributed by atoms with van der Waals surface area (Å²) in [7, 11) is 0. The maximum absolute atomic E-state index is 12.6. The third kappa shape index (κ3) is 2.27. The predicted octanol–water partition coefficient (Wildman–Crippen LogP) is 2.07. The molecule has 1 aromatic heterocycles. The first-order chi connectivity index (χ1) is 8.04. The summed E-state index contributed by atoms with van der Waals surface area (Å²) in [5.41, 5.74) is -0.627. The van der Waals surface area contributed by atoms with E-state index in [4.69, 9.17) is 0 Å².